The maximum absolute atomic E-state index is 10.4. The molecule has 0 spiro atoms. The fourth-order valence-electron chi connectivity index (χ4n) is 4.08. The van der Waals surface area contributed by atoms with Crippen LogP contribution in [0.15, 0.2) is 0 Å². The summed E-state index contributed by atoms with van der Waals surface area (Å²) < 4.78 is 5.44. The molecule has 1 saturated carbocycles. The zero-order chi connectivity index (χ0) is 15.5. The van der Waals surface area contributed by atoms with Crippen LogP contribution in [-0.4, -0.2) is 49.5 Å². The second kappa shape index (κ2) is 7.43. The molecule has 0 aromatic rings. The second-order valence-corrected chi connectivity index (χ2v) is 8.48. The van der Waals surface area contributed by atoms with Crippen LogP contribution in [0, 0.1) is 23.2 Å². The lowest BCUT2D eigenvalue weighted by molar-refractivity contribution is 0.000412. The van der Waals surface area contributed by atoms with Gasteiger partial charge in [0.1, 0.15) is 0 Å². The monoisotopic (exact) mass is 297 g/mol. The van der Waals surface area contributed by atoms with Gasteiger partial charge >= 0.3 is 0 Å². The van der Waals surface area contributed by atoms with Crippen molar-refractivity contribution >= 4 is 0 Å². The van der Waals surface area contributed by atoms with E-state index >= 15 is 0 Å². The van der Waals surface area contributed by atoms with E-state index in [4.69, 9.17) is 4.74 Å². The van der Waals surface area contributed by atoms with Gasteiger partial charge in [-0.05, 0) is 62.3 Å². The van der Waals surface area contributed by atoms with Crippen LogP contribution in [0.2, 0.25) is 0 Å². The van der Waals surface area contributed by atoms with Crippen molar-refractivity contribution in [3.05, 3.63) is 0 Å². The summed E-state index contributed by atoms with van der Waals surface area (Å²) in [6, 6.07) is 0. The Morgan fingerprint density at radius 2 is 1.71 bits per heavy atom. The van der Waals surface area contributed by atoms with Gasteiger partial charge in [0.25, 0.3) is 0 Å². The summed E-state index contributed by atoms with van der Waals surface area (Å²) in [5.41, 5.74) is 0.373. The first-order valence-electron chi connectivity index (χ1n) is 8.80. The van der Waals surface area contributed by atoms with Crippen molar-refractivity contribution in [2.45, 2.75) is 59.0 Å². The molecule has 0 aromatic heterocycles. The van der Waals surface area contributed by atoms with Gasteiger partial charge in [-0.3, -0.25) is 0 Å². The van der Waals surface area contributed by atoms with Crippen molar-refractivity contribution in [1.29, 1.82) is 0 Å². The van der Waals surface area contributed by atoms with Crippen LogP contribution in [0.25, 0.3) is 0 Å². The van der Waals surface area contributed by atoms with Crippen LogP contribution < -0.4 is 0 Å². The molecular formula is C18H35NO2. The molecule has 0 amide bonds. The largest absolute Gasteiger partial charge is 0.393 e. The molecule has 0 aromatic carbocycles. The summed E-state index contributed by atoms with van der Waals surface area (Å²) in [6.45, 7) is 11.1. The fraction of sp³-hybridized carbons (Fsp3) is 1.00. The predicted molar refractivity (Wildman–Crippen MR) is 87.3 cm³/mol. The molecule has 1 aliphatic heterocycles. The first-order valence-corrected chi connectivity index (χ1v) is 8.80. The lowest BCUT2D eigenvalue weighted by Crippen LogP contribution is -2.41. The maximum atomic E-state index is 10.4. The minimum atomic E-state index is -0.0965. The number of ether oxygens (including phenoxy) is 1. The Kier molecular flexibility index (Phi) is 6.10. The SMILES string of the molecule is CN(CC1CCOCC1)CC1CC(C(C)(C)C)CCC1O. The topological polar surface area (TPSA) is 32.7 Å². The number of aliphatic hydroxyl groups is 1. The van der Waals surface area contributed by atoms with Gasteiger partial charge in [-0.15, -0.1) is 0 Å². The van der Waals surface area contributed by atoms with Crippen LogP contribution in [0.4, 0.5) is 0 Å². The van der Waals surface area contributed by atoms with Gasteiger partial charge in [0, 0.05) is 26.3 Å². The summed E-state index contributed by atoms with van der Waals surface area (Å²) in [7, 11) is 2.23. The highest BCUT2D eigenvalue weighted by Crippen LogP contribution is 2.40. The van der Waals surface area contributed by atoms with Crippen molar-refractivity contribution in [2.75, 3.05) is 33.4 Å². The maximum Gasteiger partial charge on any atom is 0.0580 e. The Hall–Kier alpha value is -0.120. The number of hydrogen-bond donors (Lipinski definition) is 1. The van der Waals surface area contributed by atoms with Crippen molar-refractivity contribution in [3.63, 3.8) is 0 Å². The van der Waals surface area contributed by atoms with Gasteiger partial charge in [-0.25, -0.2) is 0 Å². The quantitative estimate of drug-likeness (QED) is 0.865. The van der Waals surface area contributed by atoms with Gasteiger partial charge in [0.15, 0.2) is 0 Å². The molecule has 1 saturated heterocycles. The van der Waals surface area contributed by atoms with E-state index in [2.05, 4.69) is 32.7 Å². The molecule has 1 N–H and O–H groups in total. The molecule has 3 unspecified atom stereocenters. The summed E-state index contributed by atoms with van der Waals surface area (Å²) in [4.78, 5) is 2.45. The molecule has 2 aliphatic rings. The Balaban J connectivity index is 1.81. The highest BCUT2D eigenvalue weighted by atomic mass is 16.5. The molecular weight excluding hydrogens is 262 g/mol. The summed E-state index contributed by atoms with van der Waals surface area (Å²) in [5, 5.41) is 10.4. The van der Waals surface area contributed by atoms with Gasteiger partial charge in [0.05, 0.1) is 6.10 Å². The normalized spacial score (nSPS) is 32.6. The number of hydrogen-bond acceptors (Lipinski definition) is 3. The van der Waals surface area contributed by atoms with E-state index in [0.29, 0.717) is 11.3 Å². The average molecular weight is 297 g/mol. The Bertz CT molecular complexity index is 307. The first kappa shape index (κ1) is 17.2. The van der Waals surface area contributed by atoms with Crippen molar-refractivity contribution in [2.24, 2.45) is 23.2 Å². The number of nitrogens with zero attached hydrogens (tertiary/aromatic N) is 1. The summed E-state index contributed by atoms with van der Waals surface area (Å²) in [6.07, 6.45) is 5.65. The average Bonchev–Trinajstić information content (AvgIpc) is 2.41. The molecule has 1 aliphatic carbocycles. The van der Waals surface area contributed by atoms with Gasteiger partial charge < -0.3 is 14.7 Å². The molecule has 3 atom stereocenters. The first-order chi connectivity index (χ1) is 9.86. The van der Waals surface area contributed by atoms with Crippen molar-refractivity contribution in [1.82, 2.24) is 4.90 Å². The highest BCUT2D eigenvalue weighted by Gasteiger charge is 2.35. The van der Waals surface area contributed by atoms with Gasteiger partial charge in [-0.1, -0.05) is 20.8 Å². The Labute approximate surface area is 131 Å². The number of rotatable bonds is 4. The van der Waals surface area contributed by atoms with Crippen LogP contribution in [0.3, 0.4) is 0 Å². The third-order valence-corrected chi connectivity index (χ3v) is 5.62. The van der Waals surface area contributed by atoms with E-state index in [0.717, 1.165) is 44.6 Å². The fourth-order valence-corrected chi connectivity index (χ4v) is 4.08. The van der Waals surface area contributed by atoms with E-state index < -0.39 is 0 Å². The van der Waals surface area contributed by atoms with Crippen molar-refractivity contribution < 1.29 is 9.84 Å². The smallest absolute Gasteiger partial charge is 0.0580 e. The van der Waals surface area contributed by atoms with E-state index in [1.165, 1.54) is 25.7 Å². The third-order valence-electron chi connectivity index (χ3n) is 5.62. The minimum absolute atomic E-state index is 0.0965. The minimum Gasteiger partial charge on any atom is -0.393 e. The molecule has 1 heterocycles. The van der Waals surface area contributed by atoms with E-state index in [-0.39, 0.29) is 6.10 Å². The third kappa shape index (κ3) is 5.22. The molecule has 2 rings (SSSR count). The van der Waals surface area contributed by atoms with Crippen LogP contribution >= 0.6 is 0 Å². The number of aliphatic hydroxyl groups excluding tert-OH is 1. The van der Waals surface area contributed by atoms with Gasteiger partial charge in [-0.2, -0.15) is 0 Å². The molecule has 0 bridgehead atoms. The van der Waals surface area contributed by atoms with Gasteiger partial charge in [0.2, 0.25) is 0 Å². The Morgan fingerprint density at radius 1 is 1.05 bits per heavy atom. The second-order valence-electron chi connectivity index (χ2n) is 8.48. The van der Waals surface area contributed by atoms with Crippen LogP contribution in [0.5, 0.6) is 0 Å². The lowest BCUT2D eigenvalue weighted by Gasteiger charge is -2.41. The standard InChI is InChI=1S/C18H35NO2/c1-18(2,3)16-5-6-17(20)15(11-16)13-19(4)12-14-7-9-21-10-8-14/h14-17,20H,5-13H2,1-4H3. The summed E-state index contributed by atoms with van der Waals surface area (Å²) in [5.74, 6) is 1.98. The van der Waals surface area contributed by atoms with Crippen molar-refractivity contribution in [3.8, 4) is 0 Å². The molecule has 21 heavy (non-hydrogen) atoms. The Morgan fingerprint density at radius 3 is 2.33 bits per heavy atom. The lowest BCUT2D eigenvalue weighted by atomic mass is 9.68. The molecule has 124 valence electrons. The van der Waals surface area contributed by atoms with E-state index in [1.54, 1.807) is 0 Å². The highest BCUT2D eigenvalue weighted by molar-refractivity contribution is 4.87. The molecule has 0 radical (unpaired) electrons. The van der Waals surface area contributed by atoms with E-state index in [9.17, 15) is 5.11 Å². The predicted octanol–water partition coefficient (Wildman–Crippen LogP) is 3.17. The van der Waals surface area contributed by atoms with Crippen LogP contribution in [0.1, 0.15) is 52.9 Å². The zero-order valence-electron chi connectivity index (χ0n) is 14.5. The van der Waals surface area contributed by atoms with Crippen LogP contribution in [-0.2, 0) is 4.74 Å². The van der Waals surface area contributed by atoms with E-state index in [1.807, 2.05) is 0 Å². The molecule has 3 nitrogen and oxygen atoms in total. The zero-order valence-corrected chi connectivity index (χ0v) is 14.5. The summed E-state index contributed by atoms with van der Waals surface area (Å²) >= 11 is 0. The molecule has 3 heteroatoms. The molecule has 2 fully saturated rings.